The summed E-state index contributed by atoms with van der Waals surface area (Å²) in [4.78, 5) is 37.2. The fourth-order valence-corrected chi connectivity index (χ4v) is 3.67. The van der Waals surface area contributed by atoms with Gasteiger partial charge >= 0.3 is 0 Å². The number of carbonyl (C=O) groups excluding carboxylic acids is 3. The van der Waals surface area contributed by atoms with Crippen LogP contribution in [0.1, 0.15) is 43.6 Å². The van der Waals surface area contributed by atoms with Gasteiger partial charge in [-0.25, -0.2) is 0 Å². The van der Waals surface area contributed by atoms with Crippen LogP contribution in [0, 0.1) is 6.92 Å². The van der Waals surface area contributed by atoms with E-state index in [1.165, 1.54) is 0 Å². The molecule has 3 aromatic carbocycles. The van der Waals surface area contributed by atoms with Gasteiger partial charge in [0.1, 0.15) is 5.75 Å². The molecule has 10 heteroatoms. The van der Waals surface area contributed by atoms with Crippen LogP contribution in [0.15, 0.2) is 71.2 Å². The van der Waals surface area contributed by atoms with Crippen molar-refractivity contribution in [2.45, 2.75) is 13.8 Å². The van der Waals surface area contributed by atoms with E-state index in [0.717, 1.165) is 5.56 Å². The minimum absolute atomic E-state index is 0.0736. The van der Waals surface area contributed by atoms with Gasteiger partial charge in [0.2, 0.25) is 0 Å². The van der Waals surface area contributed by atoms with Crippen LogP contribution in [-0.2, 0) is 0 Å². The average molecular weight is 555 g/mol. The Morgan fingerprint density at radius 2 is 1.57 bits per heavy atom. The van der Waals surface area contributed by atoms with Crippen molar-refractivity contribution >= 4 is 56.7 Å². The SMILES string of the molecule is CCOc1ccc(C(=O)NC(=S)NNC(=O)c2ccc(NC(=O)c3ccccc3C)cc2)cc1Br. The highest BCUT2D eigenvalue weighted by Crippen LogP contribution is 2.26. The molecule has 4 N–H and O–H groups in total. The van der Waals surface area contributed by atoms with Gasteiger partial charge in [0.05, 0.1) is 11.1 Å². The molecule has 0 saturated heterocycles. The van der Waals surface area contributed by atoms with Crippen LogP contribution in [0.4, 0.5) is 5.69 Å². The van der Waals surface area contributed by atoms with Gasteiger partial charge in [0, 0.05) is 22.4 Å². The Morgan fingerprint density at radius 1 is 0.886 bits per heavy atom. The number of carbonyl (C=O) groups is 3. The lowest BCUT2D eigenvalue weighted by Crippen LogP contribution is -2.48. The molecule has 0 aliphatic carbocycles. The number of aryl methyl sites for hydroxylation is 1. The van der Waals surface area contributed by atoms with Crippen molar-refractivity contribution in [3.05, 3.63) is 93.5 Å². The molecular weight excluding hydrogens is 532 g/mol. The predicted octanol–water partition coefficient (Wildman–Crippen LogP) is 4.36. The Balaban J connectivity index is 1.50. The van der Waals surface area contributed by atoms with Crippen LogP contribution >= 0.6 is 28.1 Å². The monoisotopic (exact) mass is 554 g/mol. The van der Waals surface area contributed by atoms with E-state index in [1.54, 1.807) is 54.6 Å². The molecule has 0 saturated carbocycles. The van der Waals surface area contributed by atoms with E-state index in [2.05, 4.69) is 37.4 Å². The molecular formula is C25H23BrN4O4S. The number of benzene rings is 3. The van der Waals surface area contributed by atoms with E-state index in [9.17, 15) is 14.4 Å². The maximum Gasteiger partial charge on any atom is 0.269 e. The summed E-state index contributed by atoms with van der Waals surface area (Å²) in [6, 6.07) is 18.5. The Hall–Kier alpha value is -3.76. The third-order valence-electron chi connectivity index (χ3n) is 4.81. The van der Waals surface area contributed by atoms with Gasteiger partial charge in [-0.05, 0) is 96.1 Å². The Bertz CT molecular complexity index is 1260. The number of hydrogen-bond donors (Lipinski definition) is 4. The van der Waals surface area contributed by atoms with E-state index in [-0.39, 0.29) is 11.0 Å². The minimum Gasteiger partial charge on any atom is -0.493 e. The molecule has 0 radical (unpaired) electrons. The van der Waals surface area contributed by atoms with Crippen LogP contribution in [0.5, 0.6) is 5.75 Å². The molecule has 0 fully saturated rings. The summed E-state index contributed by atoms with van der Waals surface area (Å²) in [7, 11) is 0. The summed E-state index contributed by atoms with van der Waals surface area (Å²) in [6.45, 7) is 4.23. The molecule has 3 aromatic rings. The summed E-state index contributed by atoms with van der Waals surface area (Å²) >= 11 is 8.44. The number of anilines is 1. The predicted molar refractivity (Wildman–Crippen MR) is 142 cm³/mol. The molecule has 0 atom stereocenters. The zero-order valence-corrected chi connectivity index (χ0v) is 21.4. The Labute approximate surface area is 216 Å². The molecule has 0 aliphatic heterocycles. The van der Waals surface area contributed by atoms with Crippen LogP contribution < -0.4 is 26.2 Å². The normalized spacial score (nSPS) is 10.1. The molecule has 0 unspecified atom stereocenters. The topological polar surface area (TPSA) is 109 Å². The number of ether oxygens (including phenoxy) is 1. The molecule has 0 aliphatic rings. The second-order valence-corrected chi connectivity index (χ2v) is 8.55. The second kappa shape index (κ2) is 12.1. The standard InChI is InChI=1S/C25H23BrN4O4S/c1-3-34-21-13-10-17(14-20(21)26)22(31)28-25(35)30-29-23(32)16-8-11-18(12-9-16)27-24(33)19-7-5-4-6-15(19)2/h4-14H,3H2,1-2H3,(H,27,33)(H,29,32)(H2,28,30,31,35). The fraction of sp³-hybridized carbons (Fsp3) is 0.120. The molecule has 0 aromatic heterocycles. The third-order valence-corrected chi connectivity index (χ3v) is 5.63. The van der Waals surface area contributed by atoms with E-state index >= 15 is 0 Å². The summed E-state index contributed by atoms with van der Waals surface area (Å²) in [6.07, 6.45) is 0. The molecule has 3 rings (SSSR count). The number of nitrogens with one attached hydrogen (secondary N) is 4. The molecule has 8 nitrogen and oxygen atoms in total. The van der Waals surface area contributed by atoms with Gasteiger partial charge in [-0.3, -0.25) is 30.6 Å². The average Bonchev–Trinajstić information content (AvgIpc) is 2.84. The van der Waals surface area contributed by atoms with Crippen molar-refractivity contribution in [3.8, 4) is 5.75 Å². The second-order valence-electron chi connectivity index (χ2n) is 7.29. The maximum absolute atomic E-state index is 12.4. The lowest BCUT2D eigenvalue weighted by Gasteiger charge is -2.12. The molecule has 0 bridgehead atoms. The lowest BCUT2D eigenvalue weighted by molar-refractivity contribution is 0.0934. The van der Waals surface area contributed by atoms with Crippen LogP contribution in [0.3, 0.4) is 0 Å². The van der Waals surface area contributed by atoms with Crippen molar-refractivity contribution < 1.29 is 19.1 Å². The van der Waals surface area contributed by atoms with Crippen molar-refractivity contribution in [1.29, 1.82) is 0 Å². The zero-order chi connectivity index (χ0) is 25.4. The summed E-state index contributed by atoms with van der Waals surface area (Å²) in [5.74, 6) is -0.531. The first kappa shape index (κ1) is 25.9. The molecule has 0 spiro atoms. The van der Waals surface area contributed by atoms with Crippen molar-refractivity contribution in [3.63, 3.8) is 0 Å². The highest BCUT2D eigenvalue weighted by Gasteiger charge is 2.13. The zero-order valence-electron chi connectivity index (χ0n) is 19.0. The highest BCUT2D eigenvalue weighted by atomic mass is 79.9. The van der Waals surface area contributed by atoms with Crippen LogP contribution in [0.25, 0.3) is 0 Å². The quantitative estimate of drug-likeness (QED) is 0.266. The lowest BCUT2D eigenvalue weighted by atomic mass is 10.1. The first-order chi connectivity index (χ1) is 16.8. The summed E-state index contributed by atoms with van der Waals surface area (Å²) in [5.41, 5.74) is 7.60. The van der Waals surface area contributed by atoms with E-state index in [0.29, 0.717) is 39.2 Å². The highest BCUT2D eigenvalue weighted by molar-refractivity contribution is 9.10. The molecule has 180 valence electrons. The van der Waals surface area contributed by atoms with Crippen molar-refractivity contribution in [1.82, 2.24) is 16.2 Å². The number of rotatable bonds is 6. The van der Waals surface area contributed by atoms with Gasteiger partial charge < -0.3 is 10.1 Å². The first-order valence-corrected chi connectivity index (χ1v) is 11.8. The van der Waals surface area contributed by atoms with E-state index < -0.39 is 11.8 Å². The summed E-state index contributed by atoms with van der Waals surface area (Å²) < 4.78 is 6.06. The van der Waals surface area contributed by atoms with Gasteiger partial charge in [0.15, 0.2) is 5.11 Å². The molecule has 35 heavy (non-hydrogen) atoms. The molecule has 0 heterocycles. The Morgan fingerprint density at radius 3 is 2.23 bits per heavy atom. The maximum atomic E-state index is 12.4. The number of halogens is 1. The van der Waals surface area contributed by atoms with E-state index in [4.69, 9.17) is 17.0 Å². The van der Waals surface area contributed by atoms with Crippen molar-refractivity contribution in [2.24, 2.45) is 0 Å². The van der Waals surface area contributed by atoms with Crippen molar-refractivity contribution in [2.75, 3.05) is 11.9 Å². The first-order valence-electron chi connectivity index (χ1n) is 10.6. The van der Waals surface area contributed by atoms with Crippen LogP contribution in [-0.4, -0.2) is 29.4 Å². The molecule has 3 amide bonds. The number of thiocarbonyl (C=S) groups is 1. The van der Waals surface area contributed by atoms with Gasteiger partial charge in [-0.1, -0.05) is 18.2 Å². The smallest absolute Gasteiger partial charge is 0.269 e. The van der Waals surface area contributed by atoms with E-state index in [1.807, 2.05) is 26.0 Å². The van der Waals surface area contributed by atoms with Gasteiger partial charge in [-0.2, -0.15) is 0 Å². The number of amides is 3. The number of hydrazine groups is 1. The Kier molecular flexibility index (Phi) is 8.93. The fourth-order valence-electron chi connectivity index (χ4n) is 3.04. The number of hydrogen-bond acceptors (Lipinski definition) is 5. The van der Waals surface area contributed by atoms with Gasteiger partial charge in [-0.15, -0.1) is 0 Å². The third kappa shape index (κ3) is 7.11. The minimum atomic E-state index is -0.470. The van der Waals surface area contributed by atoms with Gasteiger partial charge in [0.25, 0.3) is 17.7 Å². The van der Waals surface area contributed by atoms with Crippen LogP contribution in [0.2, 0.25) is 0 Å². The largest absolute Gasteiger partial charge is 0.493 e. The summed E-state index contributed by atoms with van der Waals surface area (Å²) in [5, 5.41) is 5.22.